The van der Waals surface area contributed by atoms with E-state index < -0.39 is 11.9 Å². The van der Waals surface area contributed by atoms with Gasteiger partial charge in [0.2, 0.25) is 5.91 Å². The summed E-state index contributed by atoms with van der Waals surface area (Å²) in [7, 11) is 0. The molecule has 4 aromatic rings. The van der Waals surface area contributed by atoms with Crippen LogP contribution in [0.25, 0.3) is 0 Å². The minimum atomic E-state index is -0.684. The summed E-state index contributed by atoms with van der Waals surface area (Å²) in [6.07, 6.45) is 4.42. The van der Waals surface area contributed by atoms with Crippen LogP contribution in [0.15, 0.2) is 72.9 Å². The number of imidazole rings is 1. The van der Waals surface area contributed by atoms with Gasteiger partial charge in [-0.2, -0.15) is 0 Å². The number of aryl methyl sites for hydroxylation is 1. The summed E-state index contributed by atoms with van der Waals surface area (Å²) in [5, 5.41) is 13.1. The molecule has 8 nitrogen and oxygen atoms in total. The van der Waals surface area contributed by atoms with E-state index in [1.54, 1.807) is 18.3 Å². The number of aromatic nitrogens is 3. The normalized spacial score (nSPS) is 11.8. The Bertz CT molecular complexity index is 1340. The Morgan fingerprint density at radius 3 is 2.53 bits per heavy atom. The zero-order valence-corrected chi connectivity index (χ0v) is 21.9. The highest BCUT2D eigenvalue weighted by molar-refractivity contribution is 6.30. The minimum Gasteiger partial charge on any atom is -0.460 e. The molecule has 1 amide bonds. The molecule has 0 aliphatic carbocycles. The van der Waals surface area contributed by atoms with Crippen molar-refractivity contribution in [3.63, 3.8) is 0 Å². The van der Waals surface area contributed by atoms with Crippen LogP contribution in [0.3, 0.4) is 0 Å². The zero-order chi connectivity index (χ0) is 26.9. The van der Waals surface area contributed by atoms with Gasteiger partial charge in [-0.25, -0.2) is 9.78 Å². The Kier molecular flexibility index (Phi) is 9.35. The maximum Gasteiger partial charge on any atom is 0.354 e. The molecule has 2 aromatic heterocycles. The number of carbonyl (C=O) groups excluding carboxylic acids is 2. The van der Waals surface area contributed by atoms with Gasteiger partial charge in [-0.3, -0.25) is 4.79 Å². The number of benzene rings is 2. The van der Waals surface area contributed by atoms with Crippen LogP contribution in [0.5, 0.6) is 0 Å². The second-order valence-electron chi connectivity index (χ2n) is 8.95. The fourth-order valence-corrected chi connectivity index (χ4v) is 4.44. The van der Waals surface area contributed by atoms with Crippen molar-refractivity contribution >= 4 is 29.2 Å². The van der Waals surface area contributed by atoms with Crippen molar-refractivity contribution in [3.05, 3.63) is 106 Å². The third-order valence-electron chi connectivity index (χ3n) is 6.29. The Hall–Kier alpha value is -3.88. The van der Waals surface area contributed by atoms with Gasteiger partial charge in [-0.05, 0) is 41.8 Å². The number of anilines is 1. The molecule has 0 saturated carbocycles. The van der Waals surface area contributed by atoms with Crippen molar-refractivity contribution in [2.24, 2.45) is 0 Å². The summed E-state index contributed by atoms with van der Waals surface area (Å²) in [4.78, 5) is 32.8. The van der Waals surface area contributed by atoms with Crippen LogP contribution < -0.4 is 5.32 Å². The first-order chi connectivity index (χ1) is 18.5. The number of amides is 1. The summed E-state index contributed by atoms with van der Waals surface area (Å²) in [6.45, 7) is 2.33. The lowest BCUT2D eigenvalue weighted by molar-refractivity contribution is -0.118. The average molecular weight is 535 g/mol. The molecule has 0 aliphatic heterocycles. The van der Waals surface area contributed by atoms with Gasteiger partial charge >= 0.3 is 5.97 Å². The first kappa shape index (κ1) is 27.2. The molecule has 2 heterocycles. The first-order valence-corrected chi connectivity index (χ1v) is 13.0. The van der Waals surface area contributed by atoms with E-state index in [2.05, 4.69) is 22.2 Å². The van der Waals surface area contributed by atoms with Crippen LogP contribution in [-0.4, -0.2) is 38.1 Å². The van der Waals surface area contributed by atoms with Crippen LogP contribution in [0.4, 0.5) is 5.69 Å². The number of unbranched alkanes of at least 4 members (excludes halogenated alkanes) is 1. The van der Waals surface area contributed by atoms with Gasteiger partial charge in [-0.15, -0.1) is 0 Å². The van der Waals surface area contributed by atoms with E-state index in [4.69, 9.17) is 16.3 Å². The second-order valence-corrected chi connectivity index (χ2v) is 9.30. The number of halogens is 1. The molecule has 0 fully saturated rings. The number of hydrogen-bond donors (Lipinski definition) is 3. The molecule has 9 heteroatoms. The number of ether oxygens (including phenoxy) is 1. The molecule has 0 aliphatic rings. The molecular weight excluding hydrogens is 504 g/mol. The largest absolute Gasteiger partial charge is 0.460 e. The lowest BCUT2D eigenvalue weighted by Gasteiger charge is -2.18. The highest BCUT2D eigenvalue weighted by Crippen LogP contribution is 2.23. The number of hydrogen-bond acceptors (Lipinski definition) is 5. The maximum atomic E-state index is 13.3. The van der Waals surface area contributed by atoms with Gasteiger partial charge in [-0.1, -0.05) is 67.4 Å². The summed E-state index contributed by atoms with van der Waals surface area (Å²) in [6, 6.07) is 20.0. The summed E-state index contributed by atoms with van der Waals surface area (Å²) >= 11 is 6.26. The highest BCUT2D eigenvalue weighted by atomic mass is 35.5. The van der Waals surface area contributed by atoms with E-state index in [-0.39, 0.29) is 19.1 Å². The molecule has 1 atom stereocenters. The fourth-order valence-electron chi connectivity index (χ4n) is 4.18. The predicted octanol–water partition coefficient (Wildman–Crippen LogP) is 5.33. The van der Waals surface area contributed by atoms with E-state index in [1.807, 2.05) is 59.2 Å². The molecule has 3 N–H and O–H groups in total. The SMILES string of the molecule is CCCCc1nc(Cl)c(CO)n1Cc1ccc(NC(=O)C(COC(=O)c2ccc[nH]2)c2ccccc2)cc1. The third kappa shape index (κ3) is 6.70. The monoisotopic (exact) mass is 534 g/mol. The minimum absolute atomic E-state index is 0.0996. The van der Waals surface area contributed by atoms with Gasteiger partial charge < -0.3 is 24.7 Å². The van der Waals surface area contributed by atoms with E-state index in [0.29, 0.717) is 28.8 Å². The molecule has 2 aromatic carbocycles. The van der Waals surface area contributed by atoms with Crippen LogP contribution in [0, 0.1) is 0 Å². The van der Waals surface area contributed by atoms with Crippen molar-refractivity contribution < 1.29 is 19.4 Å². The number of aromatic amines is 1. The van der Waals surface area contributed by atoms with Crippen LogP contribution in [0.1, 0.15) is 58.8 Å². The van der Waals surface area contributed by atoms with E-state index in [9.17, 15) is 14.7 Å². The molecule has 0 bridgehead atoms. The number of esters is 1. The number of H-pyrrole nitrogens is 1. The molecular formula is C29H31ClN4O4. The van der Waals surface area contributed by atoms with Crippen molar-refractivity contribution in [3.8, 4) is 0 Å². The average Bonchev–Trinajstić information content (AvgIpc) is 3.57. The third-order valence-corrected chi connectivity index (χ3v) is 6.59. The number of rotatable bonds is 12. The van der Waals surface area contributed by atoms with Crippen molar-refractivity contribution in [1.29, 1.82) is 0 Å². The molecule has 1 unspecified atom stereocenters. The number of aliphatic hydroxyl groups is 1. The van der Waals surface area contributed by atoms with Gasteiger partial charge in [0.15, 0.2) is 5.15 Å². The molecule has 198 valence electrons. The van der Waals surface area contributed by atoms with Crippen LogP contribution in [0.2, 0.25) is 5.15 Å². The van der Waals surface area contributed by atoms with Gasteiger partial charge in [0.25, 0.3) is 0 Å². The summed E-state index contributed by atoms with van der Waals surface area (Å²) in [5.41, 5.74) is 3.26. The number of aliphatic hydroxyl groups excluding tert-OH is 1. The van der Waals surface area contributed by atoms with Crippen molar-refractivity contribution in [2.45, 2.75) is 45.3 Å². The molecule has 0 radical (unpaired) electrons. The molecule has 0 saturated heterocycles. The number of carbonyl (C=O) groups is 2. The summed E-state index contributed by atoms with van der Waals surface area (Å²) < 4.78 is 7.39. The smallest absolute Gasteiger partial charge is 0.354 e. The van der Waals surface area contributed by atoms with Crippen LogP contribution in [-0.2, 0) is 29.1 Å². The van der Waals surface area contributed by atoms with E-state index in [0.717, 1.165) is 36.2 Å². The van der Waals surface area contributed by atoms with Crippen molar-refractivity contribution in [2.75, 3.05) is 11.9 Å². The predicted molar refractivity (Wildman–Crippen MR) is 146 cm³/mol. The van der Waals surface area contributed by atoms with Crippen LogP contribution >= 0.6 is 11.6 Å². The zero-order valence-electron chi connectivity index (χ0n) is 21.2. The Morgan fingerprint density at radius 1 is 1.11 bits per heavy atom. The quantitative estimate of drug-likeness (QED) is 0.213. The topological polar surface area (TPSA) is 109 Å². The number of nitrogens with one attached hydrogen (secondary N) is 2. The molecule has 0 spiro atoms. The van der Waals surface area contributed by atoms with Gasteiger partial charge in [0.05, 0.1) is 18.2 Å². The lowest BCUT2D eigenvalue weighted by atomic mass is 9.99. The number of nitrogens with zero attached hydrogens (tertiary/aromatic N) is 2. The summed E-state index contributed by atoms with van der Waals surface area (Å²) in [5.74, 6) is -0.642. The lowest BCUT2D eigenvalue weighted by Crippen LogP contribution is -2.26. The highest BCUT2D eigenvalue weighted by Gasteiger charge is 2.23. The Balaban J connectivity index is 1.45. The standard InChI is InChI=1S/C29H31ClN4O4/c1-2-3-11-26-33-27(30)25(18-35)34(26)17-20-12-14-22(15-13-20)32-28(36)23(21-8-5-4-6-9-21)19-38-29(37)24-10-7-16-31-24/h4-10,12-16,23,31,35H,2-3,11,17-19H2,1H3,(H,32,36). The molecule has 4 rings (SSSR count). The van der Waals surface area contributed by atoms with Gasteiger partial charge in [0.1, 0.15) is 18.1 Å². The maximum absolute atomic E-state index is 13.3. The Labute approximate surface area is 226 Å². The van der Waals surface area contributed by atoms with Gasteiger partial charge in [0, 0.05) is 24.8 Å². The first-order valence-electron chi connectivity index (χ1n) is 12.6. The fraction of sp³-hybridized carbons (Fsp3) is 0.276. The second kappa shape index (κ2) is 13.1. The van der Waals surface area contributed by atoms with E-state index in [1.165, 1.54) is 0 Å². The van der Waals surface area contributed by atoms with E-state index >= 15 is 0 Å². The van der Waals surface area contributed by atoms with Crippen molar-refractivity contribution in [1.82, 2.24) is 14.5 Å². The molecule has 38 heavy (non-hydrogen) atoms. The Morgan fingerprint density at radius 2 is 1.87 bits per heavy atom.